The van der Waals surface area contributed by atoms with E-state index in [1.165, 1.54) is 45.1 Å². The van der Waals surface area contributed by atoms with Crippen molar-refractivity contribution in [2.75, 3.05) is 32.8 Å². The summed E-state index contributed by atoms with van der Waals surface area (Å²) in [4.78, 5) is 7.12. The van der Waals surface area contributed by atoms with Gasteiger partial charge in [0.1, 0.15) is 0 Å². The summed E-state index contributed by atoms with van der Waals surface area (Å²) in [7, 11) is 0. The van der Waals surface area contributed by atoms with Gasteiger partial charge in [0.2, 0.25) is 0 Å². The molecule has 5 nitrogen and oxygen atoms in total. The topological polar surface area (TPSA) is 62.9 Å². The van der Waals surface area contributed by atoms with Crippen molar-refractivity contribution in [1.29, 1.82) is 0 Å². The molecular formula is C17H32N4O. The van der Waals surface area contributed by atoms with Crippen LogP contribution in [0.1, 0.15) is 51.9 Å². The molecule has 2 saturated heterocycles. The Hall–Kier alpha value is -0.810. The third-order valence-electron chi connectivity index (χ3n) is 5.80. The van der Waals surface area contributed by atoms with Crippen LogP contribution in [0.2, 0.25) is 0 Å². The lowest BCUT2D eigenvalue weighted by Gasteiger charge is -2.47. The van der Waals surface area contributed by atoms with Crippen LogP contribution >= 0.6 is 0 Å². The summed E-state index contributed by atoms with van der Waals surface area (Å²) in [6, 6.07) is 0.625. The van der Waals surface area contributed by atoms with Crippen LogP contribution < -0.4 is 11.1 Å². The van der Waals surface area contributed by atoms with Crippen LogP contribution in [0.5, 0.6) is 0 Å². The maximum Gasteiger partial charge on any atom is 0.188 e. The van der Waals surface area contributed by atoms with Crippen LogP contribution in [0, 0.1) is 5.92 Å². The van der Waals surface area contributed by atoms with Gasteiger partial charge in [0.15, 0.2) is 5.96 Å². The molecule has 2 heterocycles. The lowest BCUT2D eigenvalue weighted by molar-refractivity contribution is -0.141. The van der Waals surface area contributed by atoms with Crippen molar-refractivity contribution in [3.63, 3.8) is 0 Å². The van der Waals surface area contributed by atoms with Crippen molar-refractivity contribution in [1.82, 2.24) is 10.2 Å². The molecule has 0 aromatic carbocycles. The maximum absolute atomic E-state index is 6.06. The second-order valence-electron chi connectivity index (χ2n) is 7.28. The first-order valence-corrected chi connectivity index (χ1v) is 9.12. The van der Waals surface area contributed by atoms with Crippen molar-refractivity contribution in [2.24, 2.45) is 16.6 Å². The lowest BCUT2D eigenvalue weighted by atomic mass is 9.72. The number of guanidine groups is 1. The average Bonchev–Trinajstić information content (AvgIpc) is 2.97. The largest absolute Gasteiger partial charge is 0.375 e. The molecule has 0 amide bonds. The Labute approximate surface area is 134 Å². The van der Waals surface area contributed by atoms with Gasteiger partial charge in [0, 0.05) is 25.7 Å². The number of ether oxygens (including phenoxy) is 1. The number of rotatable bonds is 5. The Kier molecular flexibility index (Phi) is 5.24. The second-order valence-corrected chi connectivity index (χ2v) is 7.28. The predicted octanol–water partition coefficient (Wildman–Crippen LogP) is 1.72. The van der Waals surface area contributed by atoms with Gasteiger partial charge in [-0.3, -0.25) is 9.89 Å². The van der Waals surface area contributed by atoms with Crippen LogP contribution in [0.4, 0.5) is 0 Å². The van der Waals surface area contributed by atoms with Crippen molar-refractivity contribution in [3.8, 4) is 0 Å². The molecule has 3 N–H and O–H groups in total. The molecule has 0 aromatic rings. The van der Waals surface area contributed by atoms with Crippen molar-refractivity contribution in [3.05, 3.63) is 0 Å². The number of nitrogens with one attached hydrogen (secondary N) is 1. The molecule has 22 heavy (non-hydrogen) atoms. The first-order chi connectivity index (χ1) is 10.7. The smallest absolute Gasteiger partial charge is 0.188 e. The van der Waals surface area contributed by atoms with Gasteiger partial charge >= 0.3 is 0 Å². The molecule has 5 heteroatoms. The van der Waals surface area contributed by atoms with E-state index in [1.54, 1.807) is 0 Å². The van der Waals surface area contributed by atoms with Crippen molar-refractivity contribution >= 4 is 5.96 Å². The van der Waals surface area contributed by atoms with Crippen LogP contribution in [0.25, 0.3) is 0 Å². The summed E-state index contributed by atoms with van der Waals surface area (Å²) in [5, 5.41) is 3.33. The molecule has 3 aliphatic rings. The lowest BCUT2D eigenvalue weighted by Crippen LogP contribution is -2.46. The number of likely N-dealkylation sites (tertiary alicyclic amines) is 1. The fourth-order valence-corrected chi connectivity index (χ4v) is 4.25. The number of nitrogens with two attached hydrogens (primary N) is 1. The molecule has 1 saturated carbocycles. The monoisotopic (exact) mass is 308 g/mol. The molecule has 3 fully saturated rings. The van der Waals surface area contributed by atoms with Gasteiger partial charge in [-0.25, -0.2) is 0 Å². The Bertz CT molecular complexity index is 394. The molecule has 2 aliphatic heterocycles. The normalized spacial score (nSPS) is 32.1. The van der Waals surface area contributed by atoms with Crippen LogP contribution in [-0.4, -0.2) is 55.3 Å². The molecule has 1 aliphatic carbocycles. The summed E-state index contributed by atoms with van der Waals surface area (Å²) in [6.07, 6.45) is 8.71. The number of likely N-dealkylation sites (N-methyl/N-ethyl adjacent to an activating group) is 1. The molecule has 0 aromatic heterocycles. The minimum atomic E-state index is 0.214. The van der Waals surface area contributed by atoms with E-state index in [2.05, 4.69) is 22.1 Å². The molecule has 126 valence electrons. The summed E-state index contributed by atoms with van der Waals surface area (Å²) in [6.45, 7) is 7.28. The van der Waals surface area contributed by atoms with E-state index in [-0.39, 0.29) is 5.60 Å². The third-order valence-corrected chi connectivity index (χ3v) is 5.80. The van der Waals surface area contributed by atoms with E-state index < -0.39 is 0 Å². The Morgan fingerprint density at radius 3 is 2.95 bits per heavy atom. The van der Waals surface area contributed by atoms with Gasteiger partial charge in [-0.05, 0) is 64.0 Å². The Morgan fingerprint density at radius 2 is 2.23 bits per heavy atom. The summed E-state index contributed by atoms with van der Waals surface area (Å²) >= 11 is 0. The molecule has 0 radical (unpaired) electrons. The summed E-state index contributed by atoms with van der Waals surface area (Å²) in [5.41, 5.74) is 6.27. The van der Waals surface area contributed by atoms with Crippen LogP contribution in [0.3, 0.4) is 0 Å². The van der Waals surface area contributed by atoms with E-state index in [4.69, 9.17) is 10.5 Å². The number of hydrogen-bond acceptors (Lipinski definition) is 3. The second kappa shape index (κ2) is 7.18. The molecule has 3 rings (SSSR count). The Morgan fingerprint density at radius 1 is 1.36 bits per heavy atom. The zero-order valence-electron chi connectivity index (χ0n) is 14.0. The fourth-order valence-electron chi connectivity index (χ4n) is 4.25. The number of hydrogen-bond donors (Lipinski definition) is 2. The van der Waals surface area contributed by atoms with Gasteiger partial charge in [-0.2, -0.15) is 0 Å². The van der Waals surface area contributed by atoms with E-state index in [0.29, 0.717) is 17.9 Å². The van der Waals surface area contributed by atoms with E-state index in [0.717, 1.165) is 32.7 Å². The zero-order valence-corrected chi connectivity index (χ0v) is 14.0. The molecule has 0 bridgehead atoms. The summed E-state index contributed by atoms with van der Waals surface area (Å²) < 4.78 is 5.98. The standard InChI is InChI=1S/C17H32N4O/c1-2-21-9-3-5-15(21)13-20-16(18)19-12-14-6-10-22-17(11-14)7-4-8-17/h14-15H,2-13H2,1H3,(H3,18,19,20). The van der Waals surface area contributed by atoms with Crippen LogP contribution in [-0.2, 0) is 4.74 Å². The van der Waals surface area contributed by atoms with Crippen molar-refractivity contribution < 1.29 is 4.74 Å². The fraction of sp³-hybridized carbons (Fsp3) is 0.941. The maximum atomic E-state index is 6.06. The number of nitrogens with zero attached hydrogens (tertiary/aromatic N) is 2. The zero-order chi connectivity index (χ0) is 15.4. The van der Waals surface area contributed by atoms with E-state index >= 15 is 0 Å². The summed E-state index contributed by atoms with van der Waals surface area (Å²) in [5.74, 6) is 1.27. The van der Waals surface area contributed by atoms with E-state index in [9.17, 15) is 0 Å². The van der Waals surface area contributed by atoms with Gasteiger partial charge < -0.3 is 15.8 Å². The molecular weight excluding hydrogens is 276 g/mol. The quantitative estimate of drug-likeness (QED) is 0.600. The highest BCUT2D eigenvalue weighted by Crippen LogP contribution is 2.44. The van der Waals surface area contributed by atoms with Gasteiger partial charge in [0.05, 0.1) is 5.60 Å². The van der Waals surface area contributed by atoms with E-state index in [1.807, 2.05) is 0 Å². The highest BCUT2D eigenvalue weighted by Gasteiger charge is 2.42. The van der Waals surface area contributed by atoms with Crippen LogP contribution in [0.15, 0.2) is 4.99 Å². The first kappa shape index (κ1) is 16.1. The van der Waals surface area contributed by atoms with Gasteiger partial charge in [-0.1, -0.05) is 6.92 Å². The molecule has 2 atom stereocenters. The third kappa shape index (κ3) is 3.74. The number of aliphatic imine (C=N–C) groups is 1. The average molecular weight is 308 g/mol. The Balaban J connectivity index is 1.40. The highest BCUT2D eigenvalue weighted by atomic mass is 16.5. The van der Waals surface area contributed by atoms with Gasteiger partial charge in [-0.15, -0.1) is 0 Å². The molecule has 1 spiro atoms. The predicted molar refractivity (Wildman–Crippen MR) is 90.0 cm³/mol. The molecule has 2 unspecified atom stereocenters. The SMILES string of the molecule is CCN1CCCC1CNC(N)=NCC1CCOC2(CCC2)C1. The highest BCUT2D eigenvalue weighted by molar-refractivity contribution is 5.77. The minimum absolute atomic E-state index is 0.214. The van der Waals surface area contributed by atoms with Gasteiger partial charge in [0.25, 0.3) is 0 Å². The minimum Gasteiger partial charge on any atom is -0.375 e. The first-order valence-electron chi connectivity index (χ1n) is 9.12. The van der Waals surface area contributed by atoms with Crippen molar-refractivity contribution in [2.45, 2.75) is 63.5 Å².